The molecule has 6 heteroatoms. The molecule has 1 aliphatic rings. The van der Waals surface area contributed by atoms with E-state index in [2.05, 4.69) is 34.1 Å². The van der Waals surface area contributed by atoms with Crippen molar-refractivity contribution in [1.82, 2.24) is 9.88 Å². The fourth-order valence-corrected chi connectivity index (χ4v) is 3.33. The third kappa shape index (κ3) is 6.53. The molecule has 0 unspecified atom stereocenters. The molecule has 150 valence electrons. The minimum absolute atomic E-state index is 0.193. The zero-order valence-corrected chi connectivity index (χ0v) is 16.1. The van der Waals surface area contributed by atoms with Crippen molar-refractivity contribution in [2.24, 2.45) is 5.92 Å². The number of rotatable bonds is 10. The van der Waals surface area contributed by atoms with Crippen molar-refractivity contribution in [1.29, 1.82) is 0 Å². The summed E-state index contributed by atoms with van der Waals surface area (Å²) in [5.74, 6) is 0.458. The summed E-state index contributed by atoms with van der Waals surface area (Å²) in [6.45, 7) is 3.62. The fourth-order valence-electron chi connectivity index (χ4n) is 3.33. The highest BCUT2D eigenvalue weighted by molar-refractivity contribution is 5.70. The molecule has 1 saturated heterocycles. The molecule has 0 spiro atoms. The number of hydrogen-bond acceptors (Lipinski definition) is 5. The van der Waals surface area contributed by atoms with Crippen LogP contribution in [0, 0.1) is 5.92 Å². The second-order valence-corrected chi connectivity index (χ2v) is 7.07. The number of aromatic nitrogens is 1. The number of aliphatic carboxylic acids is 1. The summed E-state index contributed by atoms with van der Waals surface area (Å²) >= 11 is 0. The molecule has 0 bridgehead atoms. The molecule has 2 heterocycles. The summed E-state index contributed by atoms with van der Waals surface area (Å²) in [7, 11) is 0. The number of piperidine rings is 1. The zero-order chi connectivity index (χ0) is 19.6. The Morgan fingerprint density at radius 3 is 2.54 bits per heavy atom. The number of carboxylic acid groups (broad SMARTS) is 1. The van der Waals surface area contributed by atoms with E-state index in [1.807, 2.05) is 18.2 Å². The highest BCUT2D eigenvalue weighted by Crippen LogP contribution is 2.18. The van der Waals surface area contributed by atoms with Crippen LogP contribution in [0.15, 0.2) is 48.7 Å². The molecule has 1 fully saturated rings. The van der Waals surface area contributed by atoms with Gasteiger partial charge in [0.15, 0.2) is 0 Å². The maximum absolute atomic E-state index is 11.0. The highest BCUT2D eigenvalue weighted by Gasteiger charge is 2.24. The third-order valence-electron chi connectivity index (χ3n) is 5.02. The minimum Gasteiger partial charge on any atom is -0.491 e. The second kappa shape index (κ2) is 10.7. The summed E-state index contributed by atoms with van der Waals surface area (Å²) in [6.07, 6.45) is 5.05. The fraction of sp³-hybridized carbons (Fsp3) is 0.455. The first-order chi connectivity index (χ1) is 13.7. The van der Waals surface area contributed by atoms with Crippen LogP contribution in [0.3, 0.4) is 0 Å². The largest absolute Gasteiger partial charge is 0.491 e. The molecule has 2 aromatic rings. The van der Waals surface area contributed by atoms with Gasteiger partial charge in [0.2, 0.25) is 5.88 Å². The lowest BCUT2D eigenvalue weighted by molar-refractivity contribution is -0.143. The average molecular weight is 384 g/mol. The number of ether oxygens (including phenoxy) is 2. The van der Waals surface area contributed by atoms with Gasteiger partial charge in [-0.3, -0.25) is 9.69 Å². The van der Waals surface area contributed by atoms with Crippen molar-refractivity contribution in [3.63, 3.8) is 0 Å². The average Bonchev–Trinajstić information content (AvgIpc) is 2.73. The Bertz CT molecular complexity index is 713. The van der Waals surface area contributed by atoms with Crippen molar-refractivity contribution in [2.45, 2.75) is 25.7 Å². The topological polar surface area (TPSA) is 71.9 Å². The first-order valence-corrected chi connectivity index (χ1v) is 9.91. The normalized spacial score (nSPS) is 15.3. The second-order valence-electron chi connectivity index (χ2n) is 7.07. The smallest absolute Gasteiger partial charge is 0.306 e. The van der Waals surface area contributed by atoms with Gasteiger partial charge in [-0.15, -0.1) is 0 Å². The molecule has 3 rings (SSSR count). The highest BCUT2D eigenvalue weighted by atomic mass is 16.5. The Hall–Kier alpha value is -2.60. The molecule has 0 aliphatic carbocycles. The third-order valence-corrected chi connectivity index (χ3v) is 5.02. The van der Waals surface area contributed by atoms with Gasteiger partial charge in [-0.25, -0.2) is 4.98 Å². The number of benzene rings is 1. The van der Waals surface area contributed by atoms with Gasteiger partial charge in [0.25, 0.3) is 0 Å². The quantitative estimate of drug-likeness (QED) is 0.634. The molecule has 6 nitrogen and oxygen atoms in total. The van der Waals surface area contributed by atoms with Gasteiger partial charge in [-0.1, -0.05) is 30.3 Å². The molecular formula is C22H28N2O4. The van der Waals surface area contributed by atoms with Crippen LogP contribution in [0.2, 0.25) is 0 Å². The molecule has 0 radical (unpaired) electrons. The van der Waals surface area contributed by atoms with Crippen LogP contribution in [0.1, 0.15) is 24.8 Å². The Labute approximate surface area is 166 Å². The van der Waals surface area contributed by atoms with E-state index < -0.39 is 5.97 Å². The molecule has 28 heavy (non-hydrogen) atoms. The molecule has 1 aromatic heterocycles. The number of hydrogen-bond donors (Lipinski definition) is 1. The van der Waals surface area contributed by atoms with Crippen LogP contribution in [0.5, 0.6) is 11.6 Å². The predicted molar refractivity (Wildman–Crippen MR) is 107 cm³/mol. The van der Waals surface area contributed by atoms with Gasteiger partial charge in [0.1, 0.15) is 12.4 Å². The Balaban J connectivity index is 1.29. The number of carboxylic acids is 1. The summed E-state index contributed by atoms with van der Waals surface area (Å²) in [5, 5.41) is 9.03. The summed E-state index contributed by atoms with van der Waals surface area (Å²) < 4.78 is 11.4. The molecule has 0 amide bonds. The first kappa shape index (κ1) is 20.1. The van der Waals surface area contributed by atoms with E-state index in [1.54, 1.807) is 6.20 Å². The van der Waals surface area contributed by atoms with E-state index in [0.29, 0.717) is 31.9 Å². The number of carbonyl (C=O) groups is 1. The van der Waals surface area contributed by atoms with Crippen LogP contribution in [0.4, 0.5) is 0 Å². The SMILES string of the molecule is O=C(O)C1CCN(CCOc2ccc(OCCCc3ccccc3)nc2)CC1. The van der Waals surface area contributed by atoms with Gasteiger partial charge in [0.05, 0.1) is 18.7 Å². The molecule has 0 atom stereocenters. The van der Waals surface area contributed by atoms with Crippen molar-refractivity contribution < 1.29 is 19.4 Å². The van der Waals surface area contributed by atoms with Crippen molar-refractivity contribution >= 4 is 5.97 Å². The van der Waals surface area contributed by atoms with Crippen LogP contribution in [-0.4, -0.2) is 53.8 Å². The minimum atomic E-state index is -0.677. The van der Waals surface area contributed by atoms with E-state index in [1.165, 1.54) is 5.56 Å². The van der Waals surface area contributed by atoms with Gasteiger partial charge in [0, 0.05) is 12.6 Å². The lowest BCUT2D eigenvalue weighted by Crippen LogP contribution is -2.38. The van der Waals surface area contributed by atoms with Crippen LogP contribution < -0.4 is 9.47 Å². The molecule has 1 N–H and O–H groups in total. The van der Waals surface area contributed by atoms with E-state index in [0.717, 1.165) is 38.2 Å². The maximum atomic E-state index is 11.0. The van der Waals surface area contributed by atoms with Crippen LogP contribution in [0.25, 0.3) is 0 Å². The van der Waals surface area contributed by atoms with Gasteiger partial charge in [-0.05, 0) is 50.4 Å². The number of likely N-dealkylation sites (tertiary alicyclic amines) is 1. The number of pyridine rings is 1. The van der Waals surface area contributed by atoms with E-state index in [-0.39, 0.29) is 5.92 Å². The monoisotopic (exact) mass is 384 g/mol. The zero-order valence-electron chi connectivity index (χ0n) is 16.1. The van der Waals surface area contributed by atoms with E-state index >= 15 is 0 Å². The predicted octanol–water partition coefficient (Wildman–Crippen LogP) is 3.27. The maximum Gasteiger partial charge on any atom is 0.306 e. The Kier molecular flexibility index (Phi) is 7.67. The number of aryl methyl sites for hydroxylation is 1. The lowest BCUT2D eigenvalue weighted by atomic mass is 9.97. The van der Waals surface area contributed by atoms with E-state index in [9.17, 15) is 4.79 Å². The Morgan fingerprint density at radius 1 is 1.07 bits per heavy atom. The summed E-state index contributed by atoms with van der Waals surface area (Å²) in [4.78, 5) is 17.5. The standard InChI is InChI=1S/C22H28N2O4/c25-22(26)19-10-12-24(13-11-19)14-16-27-20-8-9-21(23-17-20)28-15-4-7-18-5-2-1-3-6-18/h1-3,5-6,8-9,17,19H,4,7,10-16H2,(H,25,26). The number of nitrogens with zero attached hydrogens (tertiary/aromatic N) is 2. The molecule has 1 aromatic carbocycles. The van der Waals surface area contributed by atoms with Crippen molar-refractivity contribution in [3.8, 4) is 11.6 Å². The summed E-state index contributed by atoms with van der Waals surface area (Å²) in [6, 6.07) is 14.1. The molecule has 1 aliphatic heterocycles. The van der Waals surface area contributed by atoms with Gasteiger partial charge in [-0.2, -0.15) is 0 Å². The van der Waals surface area contributed by atoms with Gasteiger partial charge < -0.3 is 14.6 Å². The van der Waals surface area contributed by atoms with Gasteiger partial charge >= 0.3 is 5.97 Å². The Morgan fingerprint density at radius 2 is 1.86 bits per heavy atom. The van der Waals surface area contributed by atoms with E-state index in [4.69, 9.17) is 14.6 Å². The first-order valence-electron chi connectivity index (χ1n) is 9.91. The summed E-state index contributed by atoms with van der Waals surface area (Å²) in [5.41, 5.74) is 1.31. The van der Waals surface area contributed by atoms with Crippen molar-refractivity contribution in [3.05, 3.63) is 54.2 Å². The van der Waals surface area contributed by atoms with Crippen LogP contribution >= 0.6 is 0 Å². The lowest BCUT2D eigenvalue weighted by Gasteiger charge is -2.29. The van der Waals surface area contributed by atoms with Crippen molar-refractivity contribution in [2.75, 3.05) is 32.8 Å². The van der Waals surface area contributed by atoms with Crippen LogP contribution in [-0.2, 0) is 11.2 Å². The molecular weight excluding hydrogens is 356 g/mol. The molecule has 0 saturated carbocycles.